The van der Waals surface area contributed by atoms with E-state index in [1.165, 1.54) is 4.90 Å². The van der Waals surface area contributed by atoms with Gasteiger partial charge in [0.05, 0.1) is 12.3 Å². The third-order valence-electron chi connectivity index (χ3n) is 3.09. The van der Waals surface area contributed by atoms with Crippen LogP contribution in [0.2, 0.25) is 0 Å². The second-order valence-electron chi connectivity index (χ2n) is 5.04. The van der Waals surface area contributed by atoms with Crippen LogP contribution in [-0.4, -0.2) is 48.7 Å². The maximum absolute atomic E-state index is 11.9. The predicted molar refractivity (Wildman–Crippen MR) is 92.5 cm³/mol. The number of aromatic nitrogens is 2. The molecule has 0 spiro atoms. The van der Waals surface area contributed by atoms with Crippen LogP contribution in [0.25, 0.3) is 0 Å². The Labute approximate surface area is 145 Å². The molecule has 2 rings (SSSR count). The van der Waals surface area contributed by atoms with Gasteiger partial charge in [0.2, 0.25) is 5.95 Å². The first-order valence-corrected chi connectivity index (χ1v) is 7.75. The molecule has 0 saturated carbocycles. The highest BCUT2D eigenvalue weighted by atomic mass is 16.5. The molecule has 0 fully saturated rings. The van der Waals surface area contributed by atoms with E-state index in [9.17, 15) is 9.59 Å². The number of rotatable bonds is 8. The molecule has 1 heterocycles. The Hall–Kier alpha value is -3.16. The van der Waals surface area contributed by atoms with E-state index in [0.717, 1.165) is 0 Å². The fourth-order valence-electron chi connectivity index (χ4n) is 1.98. The maximum atomic E-state index is 11.9. The maximum Gasteiger partial charge on any atom is 0.326 e. The number of hydrogen-bond acceptors (Lipinski definition) is 7. The van der Waals surface area contributed by atoms with E-state index >= 15 is 0 Å². The van der Waals surface area contributed by atoms with Gasteiger partial charge in [-0.05, 0) is 25.1 Å². The third kappa shape index (κ3) is 5.76. The van der Waals surface area contributed by atoms with Gasteiger partial charge in [-0.2, -0.15) is 0 Å². The summed E-state index contributed by atoms with van der Waals surface area (Å²) in [6, 6.07) is 8.73. The SMILES string of the molecule is CCOc1ccccc1NC(=O)COC(=O)CN(C)c1ncccn1. The monoisotopic (exact) mass is 344 g/mol. The lowest BCUT2D eigenvalue weighted by atomic mass is 10.3. The predicted octanol–water partition coefficient (Wildman–Crippen LogP) is 1.49. The van der Waals surface area contributed by atoms with Gasteiger partial charge in [0.15, 0.2) is 6.61 Å². The van der Waals surface area contributed by atoms with E-state index in [0.29, 0.717) is 24.0 Å². The van der Waals surface area contributed by atoms with E-state index in [1.807, 2.05) is 13.0 Å². The van der Waals surface area contributed by atoms with E-state index in [1.54, 1.807) is 43.7 Å². The number of benzene rings is 1. The summed E-state index contributed by atoms with van der Waals surface area (Å²) in [5.41, 5.74) is 0.528. The van der Waals surface area contributed by atoms with Gasteiger partial charge >= 0.3 is 5.97 Å². The van der Waals surface area contributed by atoms with Gasteiger partial charge in [-0.25, -0.2) is 9.97 Å². The summed E-state index contributed by atoms with van der Waals surface area (Å²) in [7, 11) is 1.66. The zero-order valence-electron chi connectivity index (χ0n) is 14.1. The van der Waals surface area contributed by atoms with Gasteiger partial charge in [-0.1, -0.05) is 12.1 Å². The average molecular weight is 344 g/mol. The number of carbonyl (C=O) groups is 2. The van der Waals surface area contributed by atoms with Crippen LogP contribution in [0.4, 0.5) is 11.6 Å². The zero-order valence-corrected chi connectivity index (χ0v) is 14.1. The van der Waals surface area contributed by atoms with Crippen molar-refractivity contribution in [3.8, 4) is 5.75 Å². The van der Waals surface area contributed by atoms with Crippen molar-refractivity contribution in [1.29, 1.82) is 0 Å². The number of anilines is 2. The van der Waals surface area contributed by atoms with E-state index < -0.39 is 11.9 Å². The van der Waals surface area contributed by atoms with Crippen LogP contribution < -0.4 is 15.0 Å². The van der Waals surface area contributed by atoms with Crippen molar-refractivity contribution < 1.29 is 19.1 Å². The number of nitrogens with one attached hydrogen (secondary N) is 1. The van der Waals surface area contributed by atoms with Crippen LogP contribution in [0, 0.1) is 0 Å². The number of amides is 1. The molecule has 1 amide bonds. The minimum Gasteiger partial charge on any atom is -0.492 e. The molecule has 2 aromatic rings. The second kappa shape index (κ2) is 9.21. The summed E-state index contributed by atoms with van der Waals surface area (Å²) in [4.78, 5) is 33.4. The normalized spacial score (nSPS) is 10.0. The molecule has 0 aliphatic rings. The molecular formula is C17H20N4O4. The summed E-state index contributed by atoms with van der Waals surface area (Å²) in [6.45, 7) is 1.89. The minimum absolute atomic E-state index is 0.0627. The van der Waals surface area contributed by atoms with Crippen LogP contribution in [-0.2, 0) is 14.3 Å². The lowest BCUT2D eigenvalue weighted by Gasteiger charge is -2.15. The van der Waals surface area contributed by atoms with Gasteiger partial charge in [0.25, 0.3) is 5.91 Å². The highest BCUT2D eigenvalue weighted by molar-refractivity contribution is 5.94. The standard InChI is InChI=1S/C17H20N4O4/c1-3-24-14-8-5-4-7-13(14)20-15(22)12-25-16(23)11-21(2)17-18-9-6-10-19-17/h4-10H,3,11-12H2,1-2H3,(H,20,22). The van der Waals surface area contributed by atoms with Crippen molar-refractivity contribution in [3.63, 3.8) is 0 Å². The molecule has 0 bridgehead atoms. The average Bonchev–Trinajstić information content (AvgIpc) is 2.62. The fourth-order valence-corrected chi connectivity index (χ4v) is 1.98. The van der Waals surface area contributed by atoms with Crippen molar-refractivity contribution >= 4 is 23.5 Å². The van der Waals surface area contributed by atoms with Crippen LogP contribution in [0.1, 0.15) is 6.92 Å². The summed E-state index contributed by atoms with van der Waals surface area (Å²) >= 11 is 0. The molecule has 0 aliphatic carbocycles. The quantitative estimate of drug-likeness (QED) is 0.725. The van der Waals surface area contributed by atoms with Crippen LogP contribution in [0.3, 0.4) is 0 Å². The van der Waals surface area contributed by atoms with Crippen LogP contribution in [0.5, 0.6) is 5.75 Å². The number of para-hydroxylation sites is 2. The first kappa shape index (κ1) is 18.2. The van der Waals surface area contributed by atoms with Crippen molar-refractivity contribution in [2.75, 3.05) is 37.0 Å². The molecule has 25 heavy (non-hydrogen) atoms. The lowest BCUT2D eigenvalue weighted by Crippen LogP contribution is -2.30. The summed E-state index contributed by atoms with van der Waals surface area (Å²) in [6.07, 6.45) is 3.15. The fraction of sp³-hybridized carbons (Fsp3) is 0.294. The number of esters is 1. The topological polar surface area (TPSA) is 93.6 Å². The van der Waals surface area contributed by atoms with E-state index in [4.69, 9.17) is 9.47 Å². The Morgan fingerprint density at radius 3 is 2.60 bits per heavy atom. The Morgan fingerprint density at radius 1 is 1.16 bits per heavy atom. The molecule has 0 aliphatic heterocycles. The van der Waals surface area contributed by atoms with Gasteiger partial charge < -0.3 is 19.7 Å². The molecule has 1 aromatic heterocycles. The van der Waals surface area contributed by atoms with E-state index in [-0.39, 0.29) is 13.2 Å². The molecule has 8 nitrogen and oxygen atoms in total. The molecule has 0 atom stereocenters. The number of likely N-dealkylation sites (N-methyl/N-ethyl adjacent to an activating group) is 1. The Balaban J connectivity index is 1.81. The van der Waals surface area contributed by atoms with Crippen molar-refractivity contribution in [1.82, 2.24) is 9.97 Å². The number of carbonyl (C=O) groups excluding carboxylic acids is 2. The Morgan fingerprint density at radius 2 is 1.88 bits per heavy atom. The molecule has 0 unspecified atom stereocenters. The lowest BCUT2D eigenvalue weighted by molar-refractivity contribution is -0.145. The zero-order chi connectivity index (χ0) is 18.1. The molecule has 1 aromatic carbocycles. The van der Waals surface area contributed by atoms with Gasteiger partial charge in [0.1, 0.15) is 12.3 Å². The summed E-state index contributed by atoms with van der Waals surface area (Å²) < 4.78 is 10.4. The number of ether oxygens (including phenoxy) is 2. The van der Waals surface area contributed by atoms with Crippen LogP contribution in [0.15, 0.2) is 42.7 Å². The first-order chi connectivity index (χ1) is 12.1. The van der Waals surface area contributed by atoms with Crippen molar-refractivity contribution in [3.05, 3.63) is 42.7 Å². The molecule has 132 valence electrons. The molecular weight excluding hydrogens is 324 g/mol. The molecule has 8 heteroatoms. The summed E-state index contributed by atoms with van der Waals surface area (Å²) in [5.74, 6) is -0.0394. The minimum atomic E-state index is -0.553. The molecule has 1 N–H and O–H groups in total. The number of nitrogens with zero attached hydrogens (tertiary/aromatic N) is 3. The largest absolute Gasteiger partial charge is 0.492 e. The highest BCUT2D eigenvalue weighted by Crippen LogP contribution is 2.23. The smallest absolute Gasteiger partial charge is 0.326 e. The van der Waals surface area contributed by atoms with Crippen molar-refractivity contribution in [2.45, 2.75) is 6.92 Å². The van der Waals surface area contributed by atoms with Crippen LogP contribution >= 0.6 is 0 Å². The highest BCUT2D eigenvalue weighted by Gasteiger charge is 2.13. The van der Waals surface area contributed by atoms with Gasteiger partial charge in [-0.15, -0.1) is 0 Å². The second-order valence-corrected chi connectivity index (χ2v) is 5.04. The third-order valence-corrected chi connectivity index (χ3v) is 3.09. The van der Waals surface area contributed by atoms with E-state index in [2.05, 4.69) is 15.3 Å². The van der Waals surface area contributed by atoms with Gasteiger partial charge in [0, 0.05) is 19.4 Å². The Bertz CT molecular complexity index is 709. The van der Waals surface area contributed by atoms with Crippen molar-refractivity contribution in [2.24, 2.45) is 0 Å². The molecule has 0 radical (unpaired) electrons. The van der Waals surface area contributed by atoms with Gasteiger partial charge in [-0.3, -0.25) is 9.59 Å². The Kier molecular flexibility index (Phi) is 6.70. The molecule has 0 saturated heterocycles. The first-order valence-electron chi connectivity index (χ1n) is 7.75. The number of hydrogen-bond donors (Lipinski definition) is 1. The summed E-state index contributed by atoms with van der Waals surface area (Å²) in [5, 5.41) is 2.66.